The van der Waals surface area contributed by atoms with E-state index in [1.54, 1.807) is 0 Å². The van der Waals surface area contributed by atoms with Gasteiger partial charge in [0.15, 0.2) is 0 Å². The minimum atomic E-state index is -0.763. The van der Waals surface area contributed by atoms with Crippen LogP contribution in [0.15, 0.2) is 30.3 Å². The molecule has 2 aromatic carbocycles. The molecule has 0 aliphatic heterocycles. The molecule has 0 fully saturated rings. The molecular formula is C14H10ClF2NO2. The van der Waals surface area contributed by atoms with Crippen molar-refractivity contribution in [1.29, 1.82) is 0 Å². The van der Waals surface area contributed by atoms with Gasteiger partial charge in [-0.25, -0.2) is 8.78 Å². The number of halogens is 3. The third kappa shape index (κ3) is 2.88. The highest BCUT2D eigenvalue weighted by Crippen LogP contribution is 2.24. The number of rotatable bonds is 2. The van der Waals surface area contributed by atoms with Crippen LogP contribution in [0, 0.1) is 18.6 Å². The Balaban J connectivity index is 2.30. The molecule has 0 aliphatic rings. The minimum Gasteiger partial charge on any atom is -0.507 e. The number of anilines is 1. The fourth-order valence-corrected chi connectivity index (χ4v) is 1.79. The number of hydrogen-bond acceptors (Lipinski definition) is 2. The molecule has 0 radical (unpaired) electrons. The van der Waals surface area contributed by atoms with Crippen LogP contribution < -0.4 is 5.32 Å². The van der Waals surface area contributed by atoms with E-state index in [-0.39, 0.29) is 27.6 Å². The SMILES string of the molecule is Cc1cc(F)c(NC(=O)c2ccc(Cl)cc2O)cc1F. The van der Waals surface area contributed by atoms with Crippen molar-refractivity contribution in [2.24, 2.45) is 0 Å². The summed E-state index contributed by atoms with van der Waals surface area (Å²) in [5.74, 6) is -2.50. The van der Waals surface area contributed by atoms with Gasteiger partial charge in [-0.2, -0.15) is 0 Å². The van der Waals surface area contributed by atoms with Gasteiger partial charge < -0.3 is 10.4 Å². The molecule has 1 amide bonds. The Morgan fingerprint density at radius 1 is 1.20 bits per heavy atom. The molecule has 20 heavy (non-hydrogen) atoms. The van der Waals surface area contributed by atoms with E-state index >= 15 is 0 Å². The number of hydrogen-bond donors (Lipinski definition) is 2. The zero-order chi connectivity index (χ0) is 14.9. The van der Waals surface area contributed by atoms with Crippen LogP contribution in [0.3, 0.4) is 0 Å². The number of nitrogens with one attached hydrogen (secondary N) is 1. The standard InChI is InChI=1S/C14H10ClF2NO2/c1-7-4-11(17)12(6-10(7)16)18-14(20)9-3-2-8(15)5-13(9)19/h2-6,19H,1H3,(H,18,20). The Labute approximate surface area is 118 Å². The van der Waals surface area contributed by atoms with E-state index in [1.807, 2.05) is 0 Å². The Hall–Kier alpha value is -2.14. The maximum absolute atomic E-state index is 13.6. The summed E-state index contributed by atoms with van der Waals surface area (Å²) in [6.07, 6.45) is 0. The molecule has 0 unspecified atom stereocenters. The first-order valence-corrected chi connectivity index (χ1v) is 6.02. The Bertz CT molecular complexity index is 689. The van der Waals surface area contributed by atoms with Gasteiger partial charge in [0.1, 0.15) is 17.4 Å². The van der Waals surface area contributed by atoms with Crippen LogP contribution in [0.4, 0.5) is 14.5 Å². The molecule has 0 aromatic heterocycles. The average Bonchev–Trinajstić information content (AvgIpc) is 2.35. The highest BCUT2D eigenvalue weighted by atomic mass is 35.5. The number of aromatic hydroxyl groups is 1. The summed E-state index contributed by atoms with van der Waals surface area (Å²) in [7, 11) is 0. The number of carbonyl (C=O) groups is 1. The van der Waals surface area contributed by atoms with Crippen LogP contribution in [0.25, 0.3) is 0 Å². The maximum atomic E-state index is 13.6. The topological polar surface area (TPSA) is 49.3 Å². The van der Waals surface area contributed by atoms with Gasteiger partial charge in [0.05, 0.1) is 11.3 Å². The van der Waals surface area contributed by atoms with E-state index in [1.165, 1.54) is 25.1 Å². The van der Waals surface area contributed by atoms with Crippen molar-refractivity contribution in [1.82, 2.24) is 0 Å². The van der Waals surface area contributed by atoms with Crippen LogP contribution >= 0.6 is 11.6 Å². The van der Waals surface area contributed by atoms with Crippen molar-refractivity contribution in [3.63, 3.8) is 0 Å². The van der Waals surface area contributed by atoms with Crippen LogP contribution in [0.2, 0.25) is 5.02 Å². The van der Waals surface area contributed by atoms with Gasteiger partial charge in [0, 0.05) is 11.1 Å². The molecule has 0 saturated carbocycles. The van der Waals surface area contributed by atoms with E-state index in [0.717, 1.165) is 12.1 Å². The van der Waals surface area contributed by atoms with Crippen LogP contribution in [-0.2, 0) is 0 Å². The highest BCUT2D eigenvalue weighted by Gasteiger charge is 2.15. The molecule has 0 aliphatic carbocycles. The van der Waals surface area contributed by atoms with E-state index in [0.29, 0.717) is 0 Å². The molecule has 6 heteroatoms. The predicted octanol–water partition coefficient (Wildman–Crippen LogP) is 3.88. The van der Waals surface area contributed by atoms with Crippen LogP contribution in [-0.4, -0.2) is 11.0 Å². The minimum absolute atomic E-state index is 0.0882. The normalized spacial score (nSPS) is 10.4. The highest BCUT2D eigenvalue weighted by molar-refractivity contribution is 6.30. The van der Waals surface area contributed by atoms with Crippen molar-refractivity contribution in [3.8, 4) is 5.75 Å². The predicted molar refractivity (Wildman–Crippen MR) is 72.2 cm³/mol. The quantitative estimate of drug-likeness (QED) is 0.883. The third-order valence-corrected chi connectivity index (χ3v) is 2.94. The van der Waals surface area contributed by atoms with Gasteiger partial charge in [-0.15, -0.1) is 0 Å². The first-order valence-electron chi connectivity index (χ1n) is 5.64. The molecule has 0 spiro atoms. The summed E-state index contributed by atoms with van der Waals surface area (Å²) in [6, 6.07) is 5.74. The zero-order valence-electron chi connectivity index (χ0n) is 10.4. The second-order valence-corrected chi connectivity index (χ2v) is 4.63. The molecule has 0 heterocycles. The van der Waals surface area contributed by atoms with Crippen molar-refractivity contribution < 1.29 is 18.7 Å². The number of amides is 1. The van der Waals surface area contributed by atoms with Gasteiger partial charge in [-0.1, -0.05) is 11.6 Å². The lowest BCUT2D eigenvalue weighted by Crippen LogP contribution is -2.13. The third-order valence-electron chi connectivity index (χ3n) is 2.70. The molecule has 2 N–H and O–H groups in total. The number of phenols is 1. The lowest BCUT2D eigenvalue weighted by molar-refractivity contribution is 0.102. The monoisotopic (exact) mass is 297 g/mol. The van der Waals surface area contributed by atoms with Crippen molar-refractivity contribution in [3.05, 3.63) is 58.1 Å². The van der Waals surface area contributed by atoms with Crippen LogP contribution in [0.5, 0.6) is 5.75 Å². The fraction of sp³-hybridized carbons (Fsp3) is 0.0714. The molecule has 104 valence electrons. The lowest BCUT2D eigenvalue weighted by atomic mass is 10.1. The maximum Gasteiger partial charge on any atom is 0.259 e. The Morgan fingerprint density at radius 3 is 2.55 bits per heavy atom. The van der Waals surface area contributed by atoms with E-state index in [9.17, 15) is 18.7 Å². The van der Waals surface area contributed by atoms with Crippen molar-refractivity contribution in [2.45, 2.75) is 6.92 Å². The summed E-state index contributed by atoms with van der Waals surface area (Å²) in [5, 5.41) is 12.0. The van der Waals surface area contributed by atoms with Gasteiger partial charge in [-0.05, 0) is 36.8 Å². The van der Waals surface area contributed by atoms with E-state index in [4.69, 9.17) is 11.6 Å². The average molecular weight is 298 g/mol. The smallest absolute Gasteiger partial charge is 0.259 e. The molecule has 0 bridgehead atoms. The number of aryl methyl sites for hydroxylation is 1. The fourth-order valence-electron chi connectivity index (χ4n) is 1.63. The number of carbonyl (C=O) groups excluding carboxylic acids is 1. The van der Waals surface area contributed by atoms with Crippen LogP contribution in [0.1, 0.15) is 15.9 Å². The largest absolute Gasteiger partial charge is 0.507 e. The van der Waals surface area contributed by atoms with E-state index < -0.39 is 17.5 Å². The van der Waals surface area contributed by atoms with Crippen molar-refractivity contribution >= 4 is 23.2 Å². The summed E-state index contributed by atoms with van der Waals surface area (Å²) < 4.78 is 27.0. The second-order valence-electron chi connectivity index (χ2n) is 4.20. The molecule has 2 aromatic rings. The lowest BCUT2D eigenvalue weighted by Gasteiger charge is -2.09. The Kier molecular flexibility index (Phi) is 3.90. The molecule has 0 saturated heterocycles. The van der Waals surface area contributed by atoms with E-state index in [2.05, 4.69) is 5.32 Å². The summed E-state index contributed by atoms with van der Waals surface area (Å²) >= 11 is 5.64. The number of phenolic OH excluding ortho intramolecular Hbond substituents is 1. The Morgan fingerprint density at radius 2 is 1.90 bits per heavy atom. The summed E-state index contributed by atoms with van der Waals surface area (Å²) in [5.41, 5.74) is -0.253. The molecule has 2 rings (SSSR count). The van der Waals surface area contributed by atoms with Gasteiger partial charge >= 0.3 is 0 Å². The first kappa shape index (κ1) is 14.3. The van der Waals surface area contributed by atoms with Gasteiger partial charge in [0.25, 0.3) is 5.91 Å². The van der Waals surface area contributed by atoms with Crippen molar-refractivity contribution in [2.75, 3.05) is 5.32 Å². The molecule has 3 nitrogen and oxygen atoms in total. The zero-order valence-corrected chi connectivity index (χ0v) is 11.1. The molecule has 0 atom stereocenters. The van der Waals surface area contributed by atoms with Gasteiger partial charge in [0.2, 0.25) is 0 Å². The first-order chi connectivity index (χ1) is 9.38. The number of benzene rings is 2. The van der Waals surface area contributed by atoms with Gasteiger partial charge in [-0.3, -0.25) is 4.79 Å². The summed E-state index contributed by atoms with van der Waals surface area (Å²) in [6.45, 7) is 1.41. The second kappa shape index (κ2) is 5.46. The summed E-state index contributed by atoms with van der Waals surface area (Å²) in [4.78, 5) is 11.9. The molecular weight excluding hydrogens is 288 g/mol.